The van der Waals surface area contributed by atoms with Crippen molar-refractivity contribution in [2.24, 2.45) is 4.99 Å². The molecule has 0 saturated heterocycles. The molecule has 1 aromatic heterocycles. The van der Waals surface area contributed by atoms with Crippen molar-refractivity contribution in [3.63, 3.8) is 0 Å². The van der Waals surface area contributed by atoms with E-state index in [1.165, 1.54) is 0 Å². The average molecular weight is 435 g/mol. The van der Waals surface area contributed by atoms with Crippen LogP contribution in [0.1, 0.15) is 28.5 Å². The summed E-state index contributed by atoms with van der Waals surface area (Å²) in [5.41, 5.74) is 3.56. The molecule has 0 aliphatic heterocycles. The molecule has 2 aromatic carbocycles. The first kappa shape index (κ1) is 22.9. The molecule has 0 aliphatic carbocycles. The van der Waals surface area contributed by atoms with Crippen LogP contribution in [0, 0.1) is 0 Å². The third-order valence-corrected chi connectivity index (χ3v) is 4.79. The summed E-state index contributed by atoms with van der Waals surface area (Å²) >= 11 is 0. The van der Waals surface area contributed by atoms with E-state index in [1.54, 1.807) is 26.1 Å². The minimum absolute atomic E-state index is 0.0101. The van der Waals surface area contributed by atoms with E-state index in [-0.39, 0.29) is 5.91 Å². The number of methoxy groups -OCH3 is 1. The van der Waals surface area contributed by atoms with Crippen LogP contribution in [0.2, 0.25) is 0 Å². The van der Waals surface area contributed by atoms with Gasteiger partial charge in [0.05, 0.1) is 31.6 Å². The second-order valence-electron chi connectivity index (χ2n) is 7.39. The number of amides is 1. The predicted octanol–water partition coefficient (Wildman–Crippen LogP) is 2.84. The zero-order valence-electron chi connectivity index (χ0n) is 19.0. The quantitative estimate of drug-likeness (QED) is 0.421. The molecule has 2 N–H and O–H groups in total. The topological polar surface area (TPSA) is 83.8 Å². The van der Waals surface area contributed by atoms with Crippen LogP contribution in [0.3, 0.4) is 0 Å². The van der Waals surface area contributed by atoms with Crippen molar-refractivity contribution < 1.29 is 9.53 Å². The highest BCUT2D eigenvalue weighted by Crippen LogP contribution is 2.14. The molecular formula is C24H30N6O2. The molecule has 8 heteroatoms. The van der Waals surface area contributed by atoms with Crippen molar-refractivity contribution in [1.82, 2.24) is 25.3 Å². The summed E-state index contributed by atoms with van der Waals surface area (Å²) in [6, 6.07) is 17.3. The highest BCUT2D eigenvalue weighted by Gasteiger charge is 2.07. The van der Waals surface area contributed by atoms with Gasteiger partial charge in [0.25, 0.3) is 5.91 Å². The van der Waals surface area contributed by atoms with E-state index in [0.29, 0.717) is 24.6 Å². The lowest BCUT2D eigenvalue weighted by Crippen LogP contribution is -2.36. The number of hydrogen-bond donors (Lipinski definition) is 2. The van der Waals surface area contributed by atoms with Crippen LogP contribution >= 0.6 is 0 Å². The third kappa shape index (κ3) is 6.10. The molecule has 168 valence electrons. The molecule has 1 amide bonds. The van der Waals surface area contributed by atoms with Gasteiger partial charge >= 0.3 is 0 Å². The number of rotatable bonds is 8. The lowest BCUT2D eigenvalue weighted by atomic mass is 10.1. The number of nitrogens with one attached hydrogen (secondary N) is 2. The van der Waals surface area contributed by atoms with E-state index >= 15 is 0 Å². The SMILES string of the molecule is CCNC(=NCc1ccc(C(=O)N(C)C)cc1)NCc1ccn(-c2ccc(OC)cc2)n1. The third-order valence-electron chi connectivity index (χ3n) is 4.79. The van der Waals surface area contributed by atoms with E-state index in [2.05, 4.69) is 20.7 Å². The average Bonchev–Trinajstić information content (AvgIpc) is 3.30. The van der Waals surface area contributed by atoms with Gasteiger partial charge in [0.2, 0.25) is 0 Å². The number of carbonyl (C=O) groups excluding carboxylic acids is 1. The molecule has 0 fully saturated rings. The van der Waals surface area contributed by atoms with Crippen LogP contribution in [0.5, 0.6) is 5.75 Å². The summed E-state index contributed by atoms with van der Waals surface area (Å²) in [6.45, 7) is 3.83. The first-order valence-electron chi connectivity index (χ1n) is 10.5. The maximum Gasteiger partial charge on any atom is 0.253 e. The number of guanidine groups is 1. The molecule has 0 saturated carbocycles. The maximum atomic E-state index is 12.0. The van der Waals surface area contributed by atoms with Crippen molar-refractivity contribution in [3.8, 4) is 11.4 Å². The Labute approximate surface area is 188 Å². The molecule has 32 heavy (non-hydrogen) atoms. The van der Waals surface area contributed by atoms with Gasteiger partial charge in [0, 0.05) is 32.4 Å². The standard InChI is InChI=1S/C24H30N6O2/c1-5-25-24(26-16-18-6-8-19(9-7-18)23(31)29(2)3)27-17-20-14-15-30(28-20)21-10-12-22(32-4)13-11-21/h6-15H,5,16-17H2,1-4H3,(H2,25,26,27). The number of aliphatic imine (C=N–C) groups is 1. The van der Waals surface area contributed by atoms with Gasteiger partial charge < -0.3 is 20.3 Å². The van der Waals surface area contributed by atoms with Gasteiger partial charge in [-0.15, -0.1) is 0 Å². The van der Waals surface area contributed by atoms with Gasteiger partial charge in [-0.25, -0.2) is 9.67 Å². The molecule has 8 nitrogen and oxygen atoms in total. The molecule has 1 heterocycles. The Hall–Kier alpha value is -3.81. The molecular weight excluding hydrogens is 404 g/mol. The second kappa shape index (κ2) is 11.0. The Kier molecular flexibility index (Phi) is 7.85. The summed E-state index contributed by atoms with van der Waals surface area (Å²) in [5, 5.41) is 11.2. The molecule has 0 unspecified atom stereocenters. The van der Waals surface area contributed by atoms with E-state index in [0.717, 1.165) is 29.2 Å². The van der Waals surface area contributed by atoms with E-state index < -0.39 is 0 Å². The van der Waals surface area contributed by atoms with Crippen LogP contribution in [0.15, 0.2) is 65.8 Å². The lowest BCUT2D eigenvalue weighted by molar-refractivity contribution is 0.0827. The summed E-state index contributed by atoms with van der Waals surface area (Å²) < 4.78 is 7.03. The van der Waals surface area contributed by atoms with Crippen LogP contribution in [-0.2, 0) is 13.1 Å². The van der Waals surface area contributed by atoms with Crippen LogP contribution in [0.4, 0.5) is 0 Å². The van der Waals surface area contributed by atoms with Gasteiger partial charge in [-0.05, 0) is 55.0 Å². The van der Waals surface area contributed by atoms with Gasteiger partial charge in [0.15, 0.2) is 5.96 Å². The Morgan fingerprint density at radius 3 is 2.41 bits per heavy atom. The number of benzene rings is 2. The molecule has 0 atom stereocenters. The Morgan fingerprint density at radius 1 is 1.06 bits per heavy atom. The minimum atomic E-state index is -0.0101. The Morgan fingerprint density at radius 2 is 1.78 bits per heavy atom. The van der Waals surface area contributed by atoms with Gasteiger partial charge in [-0.1, -0.05) is 12.1 Å². The number of ether oxygens (including phenoxy) is 1. The largest absolute Gasteiger partial charge is 0.497 e. The zero-order valence-corrected chi connectivity index (χ0v) is 19.0. The number of aromatic nitrogens is 2. The van der Waals surface area contributed by atoms with E-state index in [9.17, 15) is 4.79 Å². The molecule has 0 radical (unpaired) electrons. The summed E-state index contributed by atoms with van der Waals surface area (Å²) in [7, 11) is 5.14. The summed E-state index contributed by atoms with van der Waals surface area (Å²) in [5.74, 6) is 1.51. The number of carbonyl (C=O) groups is 1. The first-order valence-corrected chi connectivity index (χ1v) is 10.5. The summed E-state index contributed by atoms with van der Waals surface area (Å²) in [6.07, 6.45) is 1.93. The van der Waals surface area contributed by atoms with Gasteiger partial charge in [0.1, 0.15) is 5.75 Å². The highest BCUT2D eigenvalue weighted by molar-refractivity contribution is 5.93. The predicted molar refractivity (Wildman–Crippen MR) is 126 cm³/mol. The van der Waals surface area contributed by atoms with Gasteiger partial charge in [-0.2, -0.15) is 5.10 Å². The fraction of sp³-hybridized carbons (Fsp3) is 0.292. The fourth-order valence-corrected chi connectivity index (χ4v) is 3.03. The van der Waals surface area contributed by atoms with Crippen LogP contribution in [-0.4, -0.2) is 54.3 Å². The lowest BCUT2D eigenvalue weighted by Gasteiger charge is -2.11. The Bertz CT molecular complexity index is 1040. The van der Waals surface area contributed by atoms with Crippen molar-refractivity contribution in [1.29, 1.82) is 0 Å². The first-order chi connectivity index (χ1) is 15.5. The molecule has 0 bridgehead atoms. The maximum absolute atomic E-state index is 12.0. The van der Waals surface area contributed by atoms with Crippen molar-refractivity contribution >= 4 is 11.9 Å². The smallest absolute Gasteiger partial charge is 0.253 e. The molecule has 0 aliphatic rings. The van der Waals surface area contributed by atoms with E-state index in [4.69, 9.17) is 4.74 Å². The minimum Gasteiger partial charge on any atom is -0.497 e. The molecule has 3 rings (SSSR count). The Balaban J connectivity index is 1.60. The number of nitrogens with zero attached hydrogens (tertiary/aromatic N) is 4. The fourth-order valence-electron chi connectivity index (χ4n) is 3.03. The van der Waals surface area contributed by atoms with Crippen LogP contribution < -0.4 is 15.4 Å². The van der Waals surface area contributed by atoms with Crippen molar-refractivity contribution in [2.75, 3.05) is 27.7 Å². The van der Waals surface area contributed by atoms with Crippen LogP contribution in [0.25, 0.3) is 5.69 Å². The van der Waals surface area contributed by atoms with Crippen molar-refractivity contribution in [3.05, 3.63) is 77.6 Å². The number of hydrogen-bond acceptors (Lipinski definition) is 4. The second-order valence-corrected chi connectivity index (χ2v) is 7.39. The summed E-state index contributed by atoms with van der Waals surface area (Å²) in [4.78, 5) is 18.2. The molecule has 3 aromatic rings. The normalized spacial score (nSPS) is 11.2. The highest BCUT2D eigenvalue weighted by atomic mass is 16.5. The van der Waals surface area contributed by atoms with Crippen molar-refractivity contribution in [2.45, 2.75) is 20.0 Å². The van der Waals surface area contributed by atoms with Gasteiger partial charge in [-0.3, -0.25) is 4.79 Å². The monoisotopic (exact) mass is 434 g/mol. The zero-order chi connectivity index (χ0) is 22.9. The van der Waals surface area contributed by atoms with E-state index in [1.807, 2.05) is 72.4 Å². The molecule has 0 spiro atoms.